The van der Waals surface area contributed by atoms with E-state index in [0.717, 1.165) is 5.57 Å². The Balaban J connectivity index is 3.34. The zero-order valence-corrected chi connectivity index (χ0v) is 11.5. The topological polar surface area (TPSA) is 26.3 Å². The van der Waals surface area contributed by atoms with Crippen LogP contribution in [0.5, 0.6) is 0 Å². The highest BCUT2D eigenvalue weighted by Gasteiger charge is 2.41. The monoisotopic (exact) mass is 224 g/mol. The van der Waals surface area contributed by atoms with E-state index in [0.29, 0.717) is 11.8 Å². The third kappa shape index (κ3) is 2.16. The van der Waals surface area contributed by atoms with Crippen LogP contribution in [0.3, 0.4) is 0 Å². The lowest BCUT2D eigenvalue weighted by Gasteiger charge is -2.41. The van der Waals surface area contributed by atoms with Crippen molar-refractivity contribution in [1.29, 1.82) is 0 Å². The van der Waals surface area contributed by atoms with Crippen molar-refractivity contribution in [3.05, 3.63) is 11.1 Å². The predicted molar refractivity (Wildman–Crippen MR) is 66.0 cm³/mol. The van der Waals surface area contributed by atoms with Gasteiger partial charge in [-0.25, -0.2) is 4.79 Å². The van der Waals surface area contributed by atoms with Crippen molar-refractivity contribution in [3.63, 3.8) is 0 Å². The molecule has 0 saturated carbocycles. The van der Waals surface area contributed by atoms with E-state index in [1.165, 1.54) is 5.57 Å². The summed E-state index contributed by atoms with van der Waals surface area (Å²) >= 11 is 0. The molecular formula is C14H24O2. The fourth-order valence-corrected chi connectivity index (χ4v) is 2.49. The van der Waals surface area contributed by atoms with E-state index < -0.39 is 0 Å². The van der Waals surface area contributed by atoms with E-state index >= 15 is 0 Å². The molecule has 0 amide bonds. The molecule has 0 saturated heterocycles. The van der Waals surface area contributed by atoms with Gasteiger partial charge in [0.05, 0.1) is 0 Å². The van der Waals surface area contributed by atoms with Crippen LogP contribution in [0.1, 0.15) is 48.5 Å². The van der Waals surface area contributed by atoms with Crippen LogP contribution in [-0.2, 0) is 9.53 Å². The molecule has 1 rings (SSSR count). The number of carbonyl (C=O) groups is 1. The van der Waals surface area contributed by atoms with Crippen molar-refractivity contribution in [2.75, 3.05) is 0 Å². The Morgan fingerprint density at radius 3 is 2.00 bits per heavy atom. The molecule has 1 unspecified atom stereocenters. The number of esters is 1. The zero-order chi connectivity index (χ0) is 12.7. The molecule has 0 spiro atoms. The Morgan fingerprint density at radius 1 is 1.12 bits per heavy atom. The Labute approximate surface area is 99.1 Å². The van der Waals surface area contributed by atoms with E-state index in [9.17, 15) is 4.79 Å². The van der Waals surface area contributed by atoms with E-state index in [2.05, 4.69) is 34.6 Å². The van der Waals surface area contributed by atoms with Gasteiger partial charge in [-0.3, -0.25) is 0 Å². The second-order valence-corrected chi connectivity index (χ2v) is 5.89. The molecule has 16 heavy (non-hydrogen) atoms. The lowest BCUT2D eigenvalue weighted by molar-refractivity contribution is -0.159. The van der Waals surface area contributed by atoms with Gasteiger partial charge in [0.2, 0.25) is 0 Å². The fourth-order valence-electron chi connectivity index (χ4n) is 2.49. The number of hydrogen-bond acceptors (Lipinski definition) is 2. The molecule has 0 fully saturated rings. The summed E-state index contributed by atoms with van der Waals surface area (Å²) in [6, 6.07) is 0. The average molecular weight is 224 g/mol. The first-order valence-corrected chi connectivity index (χ1v) is 6.15. The Bertz CT molecular complexity index is 322. The van der Waals surface area contributed by atoms with Crippen LogP contribution in [0.4, 0.5) is 0 Å². The third-order valence-electron chi connectivity index (χ3n) is 3.60. The van der Waals surface area contributed by atoms with Crippen molar-refractivity contribution in [3.8, 4) is 0 Å². The van der Waals surface area contributed by atoms with Gasteiger partial charge in [-0.2, -0.15) is 0 Å². The molecule has 0 aromatic heterocycles. The summed E-state index contributed by atoms with van der Waals surface area (Å²) in [6.45, 7) is 14.6. The fraction of sp³-hybridized carbons (Fsp3) is 0.786. The molecular weight excluding hydrogens is 200 g/mol. The Kier molecular flexibility index (Phi) is 3.51. The number of ether oxygens (including phenoxy) is 1. The molecule has 0 aromatic carbocycles. The minimum Gasteiger partial charge on any atom is -0.456 e. The maximum Gasteiger partial charge on any atom is 0.334 e. The highest BCUT2D eigenvalue weighted by Crippen LogP contribution is 2.40. The third-order valence-corrected chi connectivity index (χ3v) is 3.60. The molecule has 2 heteroatoms. The van der Waals surface area contributed by atoms with Crippen LogP contribution in [0.25, 0.3) is 0 Å². The Morgan fingerprint density at radius 2 is 1.62 bits per heavy atom. The van der Waals surface area contributed by atoms with Crippen LogP contribution >= 0.6 is 0 Å². The van der Waals surface area contributed by atoms with E-state index in [-0.39, 0.29) is 17.5 Å². The van der Waals surface area contributed by atoms with Crippen molar-refractivity contribution in [2.45, 2.75) is 54.1 Å². The van der Waals surface area contributed by atoms with Gasteiger partial charge in [-0.1, -0.05) is 40.2 Å². The minimum absolute atomic E-state index is 0.123. The summed E-state index contributed by atoms with van der Waals surface area (Å²) in [6.07, 6.45) is 0. The summed E-state index contributed by atoms with van der Waals surface area (Å²) in [5.41, 5.74) is 1.79. The molecule has 0 radical (unpaired) electrons. The highest BCUT2D eigenvalue weighted by atomic mass is 16.6. The molecule has 1 atom stereocenters. The van der Waals surface area contributed by atoms with Crippen molar-refractivity contribution >= 4 is 5.97 Å². The van der Waals surface area contributed by atoms with Crippen LogP contribution in [0.15, 0.2) is 11.1 Å². The number of carbonyl (C=O) groups excluding carboxylic acids is 1. The van der Waals surface area contributed by atoms with Gasteiger partial charge in [0, 0.05) is 11.5 Å². The van der Waals surface area contributed by atoms with Gasteiger partial charge in [-0.15, -0.1) is 0 Å². The van der Waals surface area contributed by atoms with Gasteiger partial charge in [-0.05, 0) is 25.7 Å². The van der Waals surface area contributed by atoms with Crippen LogP contribution in [-0.4, -0.2) is 11.6 Å². The molecule has 1 aliphatic heterocycles. The van der Waals surface area contributed by atoms with E-state index in [4.69, 9.17) is 4.74 Å². The number of cyclic esters (lactones) is 1. The molecule has 0 bridgehead atoms. The molecule has 92 valence electrons. The first-order chi connectivity index (χ1) is 7.18. The average Bonchev–Trinajstić information content (AvgIpc) is 2.08. The molecule has 1 aliphatic rings. The number of hydrogen-bond donors (Lipinski definition) is 0. The lowest BCUT2D eigenvalue weighted by Crippen LogP contribution is -2.43. The van der Waals surface area contributed by atoms with Crippen molar-refractivity contribution in [1.82, 2.24) is 0 Å². The van der Waals surface area contributed by atoms with Crippen LogP contribution in [0, 0.1) is 17.8 Å². The minimum atomic E-state index is -0.380. The van der Waals surface area contributed by atoms with Crippen molar-refractivity contribution in [2.24, 2.45) is 17.8 Å². The standard InChI is InChI=1S/C14H24O2/c1-8(2)11-10(5)14(6,7)16-13(15)12(11)9(3)4/h8-10H,1-7H3. The largest absolute Gasteiger partial charge is 0.456 e. The van der Waals surface area contributed by atoms with Gasteiger partial charge < -0.3 is 4.74 Å². The maximum atomic E-state index is 12.0. The molecule has 2 nitrogen and oxygen atoms in total. The first kappa shape index (κ1) is 13.3. The quantitative estimate of drug-likeness (QED) is 0.670. The van der Waals surface area contributed by atoms with Crippen LogP contribution < -0.4 is 0 Å². The summed E-state index contributed by atoms with van der Waals surface area (Å²) in [5, 5.41) is 0. The second-order valence-electron chi connectivity index (χ2n) is 5.89. The van der Waals surface area contributed by atoms with Gasteiger partial charge in [0.1, 0.15) is 5.60 Å². The van der Waals surface area contributed by atoms with Gasteiger partial charge >= 0.3 is 5.97 Å². The predicted octanol–water partition coefficient (Wildman–Crippen LogP) is 3.57. The van der Waals surface area contributed by atoms with E-state index in [1.807, 2.05) is 13.8 Å². The van der Waals surface area contributed by atoms with Crippen molar-refractivity contribution < 1.29 is 9.53 Å². The van der Waals surface area contributed by atoms with Gasteiger partial charge in [0.25, 0.3) is 0 Å². The Hall–Kier alpha value is -0.790. The SMILES string of the molecule is CC(C)C1=C(C(C)C)C(C)C(C)(C)OC1=O. The second kappa shape index (κ2) is 4.23. The number of rotatable bonds is 2. The molecule has 0 N–H and O–H groups in total. The normalized spacial score (nSPS) is 25.3. The summed E-state index contributed by atoms with van der Waals surface area (Å²) in [5.74, 6) is 0.812. The molecule has 1 heterocycles. The lowest BCUT2D eigenvalue weighted by atomic mass is 9.74. The van der Waals surface area contributed by atoms with Gasteiger partial charge in [0.15, 0.2) is 0 Å². The zero-order valence-electron chi connectivity index (χ0n) is 11.5. The smallest absolute Gasteiger partial charge is 0.334 e. The molecule has 0 aromatic rings. The summed E-state index contributed by atoms with van der Waals surface area (Å²) in [7, 11) is 0. The summed E-state index contributed by atoms with van der Waals surface area (Å²) in [4.78, 5) is 12.0. The first-order valence-electron chi connectivity index (χ1n) is 6.15. The molecule has 0 aliphatic carbocycles. The summed E-state index contributed by atoms with van der Waals surface area (Å²) < 4.78 is 5.54. The maximum absolute atomic E-state index is 12.0. The highest BCUT2D eigenvalue weighted by molar-refractivity contribution is 5.91. The van der Waals surface area contributed by atoms with E-state index in [1.54, 1.807) is 0 Å². The van der Waals surface area contributed by atoms with Crippen LogP contribution in [0.2, 0.25) is 0 Å².